The lowest BCUT2D eigenvalue weighted by Crippen LogP contribution is -2.40. The lowest BCUT2D eigenvalue weighted by molar-refractivity contribution is 0.473. The fourth-order valence-corrected chi connectivity index (χ4v) is 1.11. The molecule has 0 aliphatic carbocycles. The molecule has 1 aromatic rings. The van der Waals surface area contributed by atoms with Crippen LogP contribution in [0.15, 0.2) is 30.3 Å². The Balaban J connectivity index is 2.55. The van der Waals surface area contributed by atoms with Gasteiger partial charge in [-0.25, -0.2) is 5.84 Å². The molecule has 0 heterocycles. The summed E-state index contributed by atoms with van der Waals surface area (Å²) in [5.41, 5.74) is 0.955. The van der Waals surface area contributed by atoms with Crippen molar-refractivity contribution in [1.82, 2.24) is 5.01 Å². The number of anilines is 1. The maximum Gasteiger partial charge on any atom is 0.187 e. The molecule has 70 valence electrons. The molecule has 13 heavy (non-hydrogen) atoms. The third kappa shape index (κ3) is 3.01. The highest BCUT2D eigenvalue weighted by Gasteiger charge is 2.00. The molecule has 0 aliphatic heterocycles. The zero-order chi connectivity index (χ0) is 9.68. The highest BCUT2D eigenvalue weighted by molar-refractivity contribution is 7.80. The van der Waals surface area contributed by atoms with Crippen LogP contribution in [0.4, 0.5) is 5.69 Å². The standard InChI is InChI=1S/C9H13N3S/c1-2-12(10)9(13)11-8-6-4-3-5-7-8/h3-7H,2,10H2,1H3,(H,11,13). The predicted molar refractivity (Wildman–Crippen MR) is 59.2 cm³/mol. The molecule has 0 aliphatic rings. The molecule has 0 spiro atoms. The number of rotatable bonds is 2. The Kier molecular flexibility index (Phi) is 3.67. The zero-order valence-electron chi connectivity index (χ0n) is 7.53. The molecule has 1 rings (SSSR count). The molecule has 0 saturated carbocycles. The third-order valence-electron chi connectivity index (χ3n) is 1.63. The van der Waals surface area contributed by atoms with Gasteiger partial charge in [0, 0.05) is 12.2 Å². The number of thiocarbonyl (C=S) groups is 1. The minimum absolute atomic E-state index is 0.536. The Morgan fingerprint density at radius 1 is 1.46 bits per heavy atom. The number of para-hydroxylation sites is 1. The average molecular weight is 195 g/mol. The largest absolute Gasteiger partial charge is 0.332 e. The summed E-state index contributed by atoms with van der Waals surface area (Å²) in [7, 11) is 0. The number of benzene rings is 1. The van der Waals surface area contributed by atoms with E-state index in [1.165, 1.54) is 5.01 Å². The van der Waals surface area contributed by atoms with Crippen molar-refractivity contribution in [3.8, 4) is 0 Å². The minimum atomic E-state index is 0.536. The van der Waals surface area contributed by atoms with Crippen LogP contribution in [-0.4, -0.2) is 16.7 Å². The fourth-order valence-electron chi connectivity index (χ4n) is 0.860. The molecule has 3 N–H and O–H groups in total. The minimum Gasteiger partial charge on any atom is -0.332 e. The van der Waals surface area contributed by atoms with Gasteiger partial charge in [0.05, 0.1) is 0 Å². The van der Waals surface area contributed by atoms with Gasteiger partial charge in [-0.15, -0.1) is 0 Å². The summed E-state index contributed by atoms with van der Waals surface area (Å²) in [6, 6.07) is 9.72. The van der Waals surface area contributed by atoms with Gasteiger partial charge in [0.25, 0.3) is 0 Å². The van der Waals surface area contributed by atoms with E-state index in [0.717, 1.165) is 5.69 Å². The van der Waals surface area contributed by atoms with Crippen molar-refractivity contribution in [3.05, 3.63) is 30.3 Å². The van der Waals surface area contributed by atoms with E-state index in [4.69, 9.17) is 18.1 Å². The molecule has 1 aromatic carbocycles. The summed E-state index contributed by atoms with van der Waals surface area (Å²) in [6.07, 6.45) is 0. The molecule has 0 fully saturated rings. The number of nitrogens with one attached hydrogen (secondary N) is 1. The van der Waals surface area contributed by atoms with E-state index < -0.39 is 0 Å². The molecule has 0 bridgehead atoms. The summed E-state index contributed by atoms with van der Waals surface area (Å²) < 4.78 is 0. The topological polar surface area (TPSA) is 41.3 Å². The summed E-state index contributed by atoms with van der Waals surface area (Å²) in [6.45, 7) is 2.64. The van der Waals surface area contributed by atoms with Crippen molar-refractivity contribution in [3.63, 3.8) is 0 Å². The van der Waals surface area contributed by atoms with E-state index in [0.29, 0.717) is 11.7 Å². The Morgan fingerprint density at radius 2 is 2.08 bits per heavy atom. The van der Waals surface area contributed by atoms with Crippen LogP contribution in [0, 0.1) is 0 Å². The van der Waals surface area contributed by atoms with Crippen LogP contribution in [-0.2, 0) is 0 Å². The van der Waals surface area contributed by atoms with Gasteiger partial charge in [0.15, 0.2) is 5.11 Å². The number of hydrogen-bond donors (Lipinski definition) is 2. The summed E-state index contributed by atoms with van der Waals surface area (Å²) >= 11 is 5.05. The van der Waals surface area contributed by atoms with Crippen molar-refractivity contribution in [2.75, 3.05) is 11.9 Å². The first-order chi connectivity index (χ1) is 6.24. The maximum absolute atomic E-state index is 5.59. The van der Waals surface area contributed by atoms with Crippen molar-refractivity contribution < 1.29 is 0 Å². The van der Waals surface area contributed by atoms with Gasteiger partial charge in [0.1, 0.15) is 0 Å². The van der Waals surface area contributed by atoms with E-state index in [1.807, 2.05) is 37.3 Å². The smallest absolute Gasteiger partial charge is 0.187 e. The molecule has 0 radical (unpaired) electrons. The second-order valence-corrected chi connectivity index (χ2v) is 2.97. The van der Waals surface area contributed by atoms with Crippen molar-refractivity contribution >= 4 is 23.0 Å². The second-order valence-electron chi connectivity index (χ2n) is 2.58. The average Bonchev–Trinajstić information content (AvgIpc) is 2.18. The summed E-state index contributed by atoms with van der Waals surface area (Å²) in [5, 5.41) is 5.05. The van der Waals surface area contributed by atoms with E-state index in [9.17, 15) is 0 Å². The molecule has 0 aromatic heterocycles. The van der Waals surface area contributed by atoms with Gasteiger partial charge in [-0.05, 0) is 31.3 Å². The highest BCUT2D eigenvalue weighted by Crippen LogP contribution is 2.05. The van der Waals surface area contributed by atoms with Crippen LogP contribution >= 0.6 is 12.2 Å². The van der Waals surface area contributed by atoms with Crippen LogP contribution in [0.2, 0.25) is 0 Å². The zero-order valence-corrected chi connectivity index (χ0v) is 8.34. The first-order valence-electron chi connectivity index (χ1n) is 4.12. The molecule has 4 heteroatoms. The number of nitrogens with two attached hydrogens (primary N) is 1. The molecular weight excluding hydrogens is 182 g/mol. The molecule has 0 amide bonds. The predicted octanol–water partition coefficient (Wildman–Crippen LogP) is 1.58. The lowest BCUT2D eigenvalue weighted by atomic mass is 10.3. The quantitative estimate of drug-likeness (QED) is 0.427. The first-order valence-corrected chi connectivity index (χ1v) is 4.53. The van der Waals surface area contributed by atoms with Gasteiger partial charge >= 0.3 is 0 Å². The van der Waals surface area contributed by atoms with Gasteiger partial charge in [-0.1, -0.05) is 18.2 Å². The summed E-state index contributed by atoms with van der Waals surface area (Å²) in [4.78, 5) is 0. The molecule has 0 saturated heterocycles. The third-order valence-corrected chi connectivity index (χ3v) is 1.96. The number of hydrazine groups is 1. The van der Waals surface area contributed by atoms with E-state index in [-0.39, 0.29) is 0 Å². The van der Waals surface area contributed by atoms with Crippen LogP contribution in [0.25, 0.3) is 0 Å². The Labute approximate surface area is 83.5 Å². The summed E-state index contributed by atoms with van der Waals surface area (Å²) in [5.74, 6) is 5.59. The molecule has 0 unspecified atom stereocenters. The first kappa shape index (κ1) is 9.95. The molecule has 0 atom stereocenters. The van der Waals surface area contributed by atoms with Crippen LogP contribution in [0.5, 0.6) is 0 Å². The van der Waals surface area contributed by atoms with Crippen LogP contribution in [0.3, 0.4) is 0 Å². The number of nitrogens with zero attached hydrogens (tertiary/aromatic N) is 1. The fraction of sp³-hybridized carbons (Fsp3) is 0.222. The van der Waals surface area contributed by atoms with Gasteiger partial charge in [-0.2, -0.15) is 0 Å². The maximum atomic E-state index is 5.59. The van der Waals surface area contributed by atoms with Crippen molar-refractivity contribution in [2.24, 2.45) is 5.84 Å². The van der Waals surface area contributed by atoms with E-state index in [1.54, 1.807) is 0 Å². The van der Waals surface area contributed by atoms with Gasteiger partial charge < -0.3 is 5.32 Å². The monoisotopic (exact) mass is 195 g/mol. The SMILES string of the molecule is CCN(N)C(=S)Nc1ccccc1. The highest BCUT2D eigenvalue weighted by atomic mass is 32.1. The van der Waals surface area contributed by atoms with Gasteiger partial charge in [0.2, 0.25) is 0 Å². The lowest BCUT2D eigenvalue weighted by Gasteiger charge is -2.18. The molecular formula is C9H13N3S. The van der Waals surface area contributed by atoms with E-state index in [2.05, 4.69) is 5.32 Å². The normalized spacial score (nSPS) is 9.38. The van der Waals surface area contributed by atoms with Crippen molar-refractivity contribution in [2.45, 2.75) is 6.92 Å². The Morgan fingerprint density at radius 3 is 2.62 bits per heavy atom. The molecule has 3 nitrogen and oxygen atoms in total. The Bertz CT molecular complexity index is 273. The Hall–Kier alpha value is -1.13. The van der Waals surface area contributed by atoms with Crippen LogP contribution in [0.1, 0.15) is 6.92 Å². The van der Waals surface area contributed by atoms with Gasteiger partial charge in [-0.3, -0.25) is 5.01 Å². The van der Waals surface area contributed by atoms with Crippen molar-refractivity contribution in [1.29, 1.82) is 0 Å². The van der Waals surface area contributed by atoms with Crippen LogP contribution < -0.4 is 11.2 Å². The second kappa shape index (κ2) is 4.79. The van der Waals surface area contributed by atoms with E-state index >= 15 is 0 Å². The number of hydrogen-bond acceptors (Lipinski definition) is 2.